The molecule has 0 bridgehead atoms. The molecule has 0 aliphatic heterocycles. The van der Waals surface area contributed by atoms with Gasteiger partial charge in [0.15, 0.2) is 18.6 Å². The Bertz CT molecular complexity index is 6340. The third kappa shape index (κ3) is 13.3. The number of hydrogen-bond acceptors (Lipinski definition) is 0. The molecule has 6 aliphatic carbocycles. The summed E-state index contributed by atoms with van der Waals surface area (Å²) in [6.45, 7) is 27.7. The smallest absolute Gasteiger partial charge is 0.200 e. The van der Waals surface area contributed by atoms with Gasteiger partial charge in [0.25, 0.3) is 0 Å². The zero-order chi connectivity index (χ0) is 83.7. The van der Waals surface area contributed by atoms with Gasteiger partial charge in [0.05, 0.1) is 0 Å². The van der Waals surface area contributed by atoms with Crippen LogP contribution in [0.4, 0.5) is 0 Å². The van der Waals surface area contributed by atoms with Crippen LogP contribution in [-0.4, -0.2) is 0 Å². The third-order valence-electron chi connectivity index (χ3n) is 29.9. The van der Waals surface area contributed by atoms with Crippen molar-refractivity contribution in [1.82, 2.24) is 0 Å². The average Bonchev–Trinajstić information content (AvgIpc) is 1.37. The van der Waals surface area contributed by atoms with Gasteiger partial charge in [-0.15, -0.1) is 0 Å². The van der Waals surface area contributed by atoms with Crippen LogP contribution in [0.2, 0.25) is 0 Å². The largest absolute Gasteiger partial charge is 0.212 e. The van der Waals surface area contributed by atoms with E-state index in [1.807, 2.05) is 0 Å². The summed E-state index contributed by atoms with van der Waals surface area (Å²) in [5, 5.41) is 0. The molecule has 12 aromatic carbocycles. The number of pyridine rings is 3. The van der Waals surface area contributed by atoms with E-state index < -0.39 is 0 Å². The molecular weight excluding hydrogens is 1460 g/mol. The molecule has 0 N–H and O–H groups in total. The van der Waals surface area contributed by atoms with Crippen LogP contribution in [0.5, 0.6) is 0 Å². The fourth-order valence-electron chi connectivity index (χ4n) is 22.9. The summed E-state index contributed by atoms with van der Waals surface area (Å²) in [4.78, 5) is 0. The topological polar surface area (TPSA) is 11.6 Å². The molecule has 121 heavy (non-hydrogen) atoms. The van der Waals surface area contributed by atoms with E-state index in [4.69, 9.17) is 0 Å². The Morgan fingerprint density at radius 1 is 0.190 bits per heavy atom. The molecule has 3 aromatic heterocycles. The second kappa shape index (κ2) is 30.4. The fraction of sp³-hybridized carbons (Fsp3) is 0.263. The summed E-state index contributed by atoms with van der Waals surface area (Å²) in [6.07, 6.45) is 20.0. The summed E-state index contributed by atoms with van der Waals surface area (Å²) >= 11 is 0. The SMILES string of the molecule is Cc1cc(-c2cc(-c3ccccc3)ccc2C)[n+](C)cc1-c1ccc2c(c1)C(C)(C)c1ccccc1C2(C)C.Cc1cc(-c2cc(-c3ccccc3)ccc2C)[n+](C)cc1-c1ccc2c(c1)C1(CC1)c1ccccc1C2(C)C.Cc1cc(-c2cc(-c3ccccc3)ccc2C)[n+](C)cc1-c1ccc2c(c1)C1(CCCC1)c1ccccc1C21CCCC1. The van der Waals surface area contributed by atoms with Crippen molar-refractivity contribution in [3.63, 3.8) is 0 Å². The minimum Gasteiger partial charge on any atom is -0.200 e. The van der Waals surface area contributed by atoms with Crippen LogP contribution < -0.4 is 13.7 Å². The van der Waals surface area contributed by atoms with Gasteiger partial charge in [-0.1, -0.05) is 304 Å². The summed E-state index contributed by atoms with van der Waals surface area (Å²) < 4.78 is 6.95. The predicted molar refractivity (Wildman–Crippen MR) is 504 cm³/mol. The Hall–Kier alpha value is -11.9. The molecule has 15 aromatic rings. The quantitative estimate of drug-likeness (QED) is 0.128. The molecular formula is C118H116N3+3. The van der Waals surface area contributed by atoms with Gasteiger partial charge in [-0.05, 0) is 267 Å². The number of fused-ring (bicyclic) bond motifs is 12. The third-order valence-corrected chi connectivity index (χ3v) is 29.9. The molecule has 6 aliphatic rings. The molecule has 3 heteroatoms. The molecule has 21 rings (SSSR count). The molecule has 0 radical (unpaired) electrons. The van der Waals surface area contributed by atoms with Crippen molar-refractivity contribution in [3.05, 3.63) is 410 Å². The van der Waals surface area contributed by atoms with Crippen LogP contribution in [0, 0.1) is 41.5 Å². The van der Waals surface area contributed by atoms with E-state index in [2.05, 4.69) is 428 Å². The van der Waals surface area contributed by atoms with E-state index in [1.54, 1.807) is 33.4 Å². The summed E-state index contributed by atoms with van der Waals surface area (Å²) in [5.41, 5.74) is 49.8. The Labute approximate surface area is 720 Å². The Morgan fingerprint density at radius 3 is 0.777 bits per heavy atom. The maximum atomic E-state index is 2.62. The van der Waals surface area contributed by atoms with Gasteiger partial charge in [0.1, 0.15) is 21.1 Å². The zero-order valence-corrected chi connectivity index (χ0v) is 73.9. The Kier molecular flexibility index (Phi) is 19.8. The lowest BCUT2D eigenvalue weighted by Crippen LogP contribution is -2.40. The monoisotopic (exact) mass is 1570 g/mol. The first-order valence-electron chi connectivity index (χ1n) is 44.6. The molecule has 0 atom stereocenters. The maximum Gasteiger partial charge on any atom is 0.212 e. The van der Waals surface area contributed by atoms with Crippen molar-refractivity contribution in [2.75, 3.05) is 0 Å². The van der Waals surface area contributed by atoms with Gasteiger partial charge >= 0.3 is 0 Å². The fourth-order valence-corrected chi connectivity index (χ4v) is 22.9. The maximum absolute atomic E-state index is 2.62. The highest BCUT2D eigenvalue weighted by atomic mass is 14.9. The molecule has 600 valence electrons. The highest BCUT2D eigenvalue weighted by molar-refractivity contribution is 5.81. The van der Waals surface area contributed by atoms with Crippen molar-refractivity contribution < 1.29 is 13.7 Å². The van der Waals surface area contributed by atoms with E-state index in [1.165, 1.54) is 232 Å². The summed E-state index contributed by atoms with van der Waals surface area (Å²) in [6, 6.07) is 109. The van der Waals surface area contributed by atoms with Crippen LogP contribution >= 0.6 is 0 Å². The molecule has 3 heterocycles. The number of nitrogens with zero attached hydrogens (tertiary/aromatic N) is 3. The van der Waals surface area contributed by atoms with Crippen molar-refractivity contribution in [2.45, 2.75) is 180 Å². The van der Waals surface area contributed by atoms with E-state index in [0.717, 1.165) is 0 Å². The molecule has 0 amide bonds. The van der Waals surface area contributed by atoms with Crippen LogP contribution in [0.15, 0.2) is 310 Å². The highest BCUT2D eigenvalue weighted by Gasteiger charge is 2.55. The van der Waals surface area contributed by atoms with E-state index in [0.29, 0.717) is 0 Å². The summed E-state index contributed by atoms with van der Waals surface area (Å²) in [7, 11) is 6.58. The van der Waals surface area contributed by atoms with Gasteiger partial charge in [-0.2, -0.15) is 0 Å². The minimum atomic E-state index is -0.0531. The second-order valence-corrected chi connectivity index (χ2v) is 38.2. The normalized spacial score (nSPS) is 16.3. The number of aromatic nitrogens is 3. The van der Waals surface area contributed by atoms with E-state index in [-0.39, 0.29) is 32.5 Å². The Morgan fingerprint density at radius 2 is 0.430 bits per heavy atom. The van der Waals surface area contributed by atoms with Gasteiger partial charge in [0, 0.05) is 84.1 Å². The first-order chi connectivity index (χ1) is 58.4. The van der Waals surface area contributed by atoms with Crippen molar-refractivity contribution in [2.24, 2.45) is 21.1 Å². The predicted octanol–water partition coefficient (Wildman–Crippen LogP) is 28.1. The van der Waals surface area contributed by atoms with Crippen molar-refractivity contribution in [3.8, 4) is 101 Å². The van der Waals surface area contributed by atoms with Crippen molar-refractivity contribution >= 4 is 0 Å². The van der Waals surface area contributed by atoms with Gasteiger partial charge < -0.3 is 0 Å². The van der Waals surface area contributed by atoms with Crippen LogP contribution in [0.25, 0.3) is 101 Å². The first kappa shape index (κ1) is 78.9. The molecule has 0 saturated heterocycles. The second-order valence-electron chi connectivity index (χ2n) is 38.2. The zero-order valence-electron chi connectivity index (χ0n) is 73.9. The lowest BCUT2D eigenvalue weighted by molar-refractivity contribution is -0.660. The van der Waals surface area contributed by atoms with Crippen LogP contribution in [0.3, 0.4) is 0 Å². The molecule has 3 saturated carbocycles. The minimum absolute atomic E-state index is 0.0170. The first-order valence-corrected chi connectivity index (χ1v) is 44.6. The lowest BCUT2D eigenvalue weighted by Gasteiger charge is -2.47. The average molecular weight is 1580 g/mol. The van der Waals surface area contributed by atoms with E-state index >= 15 is 0 Å². The number of rotatable bonds is 9. The van der Waals surface area contributed by atoms with Crippen LogP contribution in [-0.2, 0) is 53.6 Å². The standard InChI is InChI=1S/C42H42N.C38H36N.C38H38N/c1-29-17-18-32(31-13-5-4-6-14-31)26-34(29)40-25-30(2)35(28-43(40)3)33-19-20-38-39(27-33)42(23-11-12-24-42)37-16-8-7-15-36(37)41(38)21-9-10-22-41;1-25-15-16-28(27-11-7-6-8-12-27)22-30(25)36-21-26(2)31(24-39(36)5)29-17-18-33-35(23-29)38(19-20-38)34-14-10-9-13-32(34)37(33,3)4;1-25-17-18-28(27-13-9-8-10-14-27)22-30(25)36-21-26(2)31(24-39(36)7)29-19-20-34-35(23-29)38(5,6)33-16-12-11-15-32(33)37(34,3)4/h4-8,13-20,25-28H,9-12,21-24H2,1-3H3;6-18,21-24H,19-20H2,1-5H3;8-24H,1-7H3/q3*+1. The summed E-state index contributed by atoms with van der Waals surface area (Å²) in [5.74, 6) is 0. The number of benzene rings is 12. The van der Waals surface area contributed by atoms with Gasteiger partial charge in [-0.3, -0.25) is 0 Å². The number of aryl methyl sites for hydroxylation is 9. The Balaban J connectivity index is 0.000000120. The van der Waals surface area contributed by atoms with Crippen molar-refractivity contribution in [1.29, 1.82) is 0 Å². The molecule has 3 spiro atoms. The van der Waals surface area contributed by atoms with Gasteiger partial charge in [0.2, 0.25) is 17.1 Å². The molecule has 0 unspecified atom stereocenters. The molecule has 3 nitrogen and oxygen atoms in total. The van der Waals surface area contributed by atoms with E-state index in [9.17, 15) is 0 Å². The van der Waals surface area contributed by atoms with Crippen LogP contribution in [0.1, 0.15) is 206 Å². The highest BCUT2D eigenvalue weighted by Crippen LogP contribution is 2.64. The molecule has 3 fully saturated rings. The lowest BCUT2D eigenvalue weighted by atomic mass is 9.56. The number of hydrogen-bond donors (Lipinski definition) is 0. The van der Waals surface area contributed by atoms with Gasteiger partial charge in [-0.25, -0.2) is 13.7 Å².